The van der Waals surface area contributed by atoms with Gasteiger partial charge in [0.1, 0.15) is 5.75 Å². The lowest BCUT2D eigenvalue weighted by Crippen LogP contribution is -2.36. The first-order valence-corrected chi connectivity index (χ1v) is 6.93. The molecule has 0 aliphatic heterocycles. The number of ether oxygens (including phenoxy) is 1. The quantitative estimate of drug-likeness (QED) is 0.560. The highest BCUT2D eigenvalue weighted by Crippen LogP contribution is 2.07. The molecule has 0 atom stereocenters. The molecular formula is C14H22N2OS. The van der Waals surface area contributed by atoms with Crippen LogP contribution < -0.4 is 15.4 Å². The van der Waals surface area contributed by atoms with Crippen molar-refractivity contribution in [2.75, 3.05) is 19.7 Å². The molecule has 2 N–H and O–H groups in total. The molecule has 0 aromatic heterocycles. The van der Waals surface area contributed by atoms with E-state index in [0.29, 0.717) is 6.61 Å². The molecule has 0 bridgehead atoms. The topological polar surface area (TPSA) is 33.3 Å². The second-order valence-electron chi connectivity index (χ2n) is 4.05. The molecule has 1 rings (SSSR count). The van der Waals surface area contributed by atoms with E-state index < -0.39 is 0 Å². The van der Waals surface area contributed by atoms with E-state index in [2.05, 4.69) is 17.6 Å². The largest absolute Gasteiger partial charge is 0.494 e. The van der Waals surface area contributed by atoms with Crippen molar-refractivity contribution in [3.05, 3.63) is 30.3 Å². The van der Waals surface area contributed by atoms with Crippen LogP contribution in [0.3, 0.4) is 0 Å². The molecular weight excluding hydrogens is 244 g/mol. The number of benzene rings is 1. The first kappa shape index (κ1) is 14.8. The molecule has 0 saturated carbocycles. The minimum Gasteiger partial charge on any atom is -0.494 e. The Hall–Kier alpha value is -1.29. The Morgan fingerprint density at radius 2 is 1.78 bits per heavy atom. The summed E-state index contributed by atoms with van der Waals surface area (Å²) in [6.07, 6.45) is 3.27. The standard InChI is InChI=1S/C14H22N2OS/c1-2-3-10-15-14(18)16-11-7-12-17-13-8-5-4-6-9-13/h4-6,8-9H,2-3,7,10-12H2,1H3,(H2,15,16,18). The molecule has 0 saturated heterocycles. The van der Waals surface area contributed by atoms with Crippen LogP contribution in [0.4, 0.5) is 0 Å². The maximum Gasteiger partial charge on any atom is 0.166 e. The molecule has 4 heteroatoms. The van der Waals surface area contributed by atoms with Gasteiger partial charge in [-0.2, -0.15) is 0 Å². The Morgan fingerprint density at radius 3 is 2.44 bits per heavy atom. The van der Waals surface area contributed by atoms with Gasteiger partial charge in [0, 0.05) is 13.1 Å². The van der Waals surface area contributed by atoms with E-state index in [1.165, 1.54) is 6.42 Å². The first-order chi connectivity index (χ1) is 8.83. The van der Waals surface area contributed by atoms with Gasteiger partial charge in [-0.1, -0.05) is 31.5 Å². The predicted molar refractivity (Wildman–Crippen MR) is 80.1 cm³/mol. The van der Waals surface area contributed by atoms with Crippen LogP contribution >= 0.6 is 12.2 Å². The normalized spacial score (nSPS) is 9.83. The average molecular weight is 266 g/mol. The number of unbranched alkanes of at least 4 members (excludes halogenated alkanes) is 1. The number of rotatable bonds is 8. The highest BCUT2D eigenvalue weighted by Gasteiger charge is 1.95. The molecule has 0 unspecified atom stereocenters. The summed E-state index contributed by atoms with van der Waals surface area (Å²) in [5.74, 6) is 0.918. The fourth-order valence-electron chi connectivity index (χ4n) is 1.42. The lowest BCUT2D eigenvalue weighted by atomic mass is 10.3. The number of thiocarbonyl (C=S) groups is 1. The summed E-state index contributed by atoms with van der Waals surface area (Å²) in [6.45, 7) is 4.65. The SMILES string of the molecule is CCCCNC(=S)NCCCOc1ccccc1. The van der Waals surface area contributed by atoms with Crippen molar-refractivity contribution < 1.29 is 4.74 Å². The third kappa shape index (κ3) is 7.12. The highest BCUT2D eigenvalue weighted by atomic mass is 32.1. The van der Waals surface area contributed by atoms with E-state index in [-0.39, 0.29) is 0 Å². The van der Waals surface area contributed by atoms with Gasteiger partial charge in [0.15, 0.2) is 5.11 Å². The second-order valence-corrected chi connectivity index (χ2v) is 4.46. The van der Waals surface area contributed by atoms with Gasteiger partial charge in [-0.05, 0) is 37.2 Å². The van der Waals surface area contributed by atoms with Crippen molar-refractivity contribution in [3.63, 3.8) is 0 Å². The Balaban J connectivity index is 1.97. The van der Waals surface area contributed by atoms with Crippen LogP contribution in [0.5, 0.6) is 5.75 Å². The van der Waals surface area contributed by atoms with Crippen molar-refractivity contribution in [1.29, 1.82) is 0 Å². The van der Waals surface area contributed by atoms with Crippen molar-refractivity contribution in [2.24, 2.45) is 0 Å². The van der Waals surface area contributed by atoms with Crippen molar-refractivity contribution >= 4 is 17.3 Å². The minimum atomic E-state index is 0.703. The van der Waals surface area contributed by atoms with E-state index in [1.54, 1.807) is 0 Å². The van der Waals surface area contributed by atoms with E-state index in [0.717, 1.165) is 36.8 Å². The number of nitrogens with one attached hydrogen (secondary N) is 2. The van der Waals surface area contributed by atoms with E-state index >= 15 is 0 Å². The Bertz CT molecular complexity index is 330. The van der Waals surface area contributed by atoms with Crippen LogP contribution in [0.25, 0.3) is 0 Å². The molecule has 100 valence electrons. The fraction of sp³-hybridized carbons (Fsp3) is 0.500. The van der Waals surface area contributed by atoms with Gasteiger partial charge >= 0.3 is 0 Å². The Labute approximate surface area is 115 Å². The Morgan fingerprint density at radius 1 is 1.11 bits per heavy atom. The zero-order chi connectivity index (χ0) is 13.1. The second kappa shape index (κ2) is 9.71. The lowest BCUT2D eigenvalue weighted by Gasteiger charge is -2.10. The molecule has 1 aromatic rings. The molecule has 0 heterocycles. The minimum absolute atomic E-state index is 0.703. The Kier molecular flexibility index (Phi) is 7.97. The first-order valence-electron chi connectivity index (χ1n) is 6.52. The van der Waals surface area contributed by atoms with Crippen LogP contribution in [0.1, 0.15) is 26.2 Å². The number of hydrogen-bond acceptors (Lipinski definition) is 2. The maximum absolute atomic E-state index is 5.58. The maximum atomic E-state index is 5.58. The van der Waals surface area contributed by atoms with Crippen molar-refractivity contribution in [1.82, 2.24) is 10.6 Å². The summed E-state index contributed by atoms with van der Waals surface area (Å²) in [6, 6.07) is 9.85. The predicted octanol–water partition coefficient (Wildman–Crippen LogP) is 2.72. The fourth-order valence-corrected chi connectivity index (χ4v) is 1.63. The zero-order valence-corrected chi connectivity index (χ0v) is 11.8. The van der Waals surface area contributed by atoms with E-state index in [1.807, 2.05) is 30.3 Å². The molecule has 3 nitrogen and oxygen atoms in total. The van der Waals surface area contributed by atoms with Gasteiger partial charge in [-0.15, -0.1) is 0 Å². The van der Waals surface area contributed by atoms with Gasteiger partial charge in [-0.3, -0.25) is 0 Å². The summed E-state index contributed by atoms with van der Waals surface area (Å²) >= 11 is 5.15. The van der Waals surface area contributed by atoms with Gasteiger partial charge in [-0.25, -0.2) is 0 Å². The van der Waals surface area contributed by atoms with Crippen LogP contribution in [0, 0.1) is 0 Å². The third-order valence-corrected chi connectivity index (χ3v) is 2.72. The summed E-state index contributed by atoms with van der Waals surface area (Å²) in [5, 5.41) is 7.08. The van der Waals surface area contributed by atoms with Crippen LogP contribution in [0.15, 0.2) is 30.3 Å². The summed E-state index contributed by atoms with van der Waals surface area (Å²) in [4.78, 5) is 0. The molecule has 18 heavy (non-hydrogen) atoms. The zero-order valence-electron chi connectivity index (χ0n) is 10.9. The van der Waals surface area contributed by atoms with Crippen LogP contribution in [-0.4, -0.2) is 24.8 Å². The van der Waals surface area contributed by atoms with Crippen molar-refractivity contribution in [2.45, 2.75) is 26.2 Å². The smallest absolute Gasteiger partial charge is 0.166 e. The number of hydrogen-bond donors (Lipinski definition) is 2. The molecule has 0 aliphatic carbocycles. The van der Waals surface area contributed by atoms with Crippen molar-refractivity contribution in [3.8, 4) is 5.75 Å². The summed E-state index contributed by atoms with van der Waals surface area (Å²) in [5.41, 5.74) is 0. The lowest BCUT2D eigenvalue weighted by molar-refractivity contribution is 0.311. The molecule has 1 aromatic carbocycles. The van der Waals surface area contributed by atoms with E-state index in [9.17, 15) is 0 Å². The highest BCUT2D eigenvalue weighted by molar-refractivity contribution is 7.80. The van der Waals surface area contributed by atoms with E-state index in [4.69, 9.17) is 17.0 Å². The molecule has 0 radical (unpaired) electrons. The van der Waals surface area contributed by atoms with Gasteiger partial charge in [0.25, 0.3) is 0 Å². The van der Waals surface area contributed by atoms with Gasteiger partial charge in [0.05, 0.1) is 6.61 Å². The molecule has 0 spiro atoms. The monoisotopic (exact) mass is 266 g/mol. The molecule has 0 fully saturated rings. The summed E-state index contributed by atoms with van der Waals surface area (Å²) < 4.78 is 5.58. The van der Waals surface area contributed by atoms with Gasteiger partial charge in [0.2, 0.25) is 0 Å². The molecule has 0 aliphatic rings. The number of para-hydroxylation sites is 1. The molecule has 0 amide bonds. The van der Waals surface area contributed by atoms with Crippen LogP contribution in [0.2, 0.25) is 0 Å². The summed E-state index contributed by atoms with van der Waals surface area (Å²) in [7, 11) is 0. The average Bonchev–Trinajstić information content (AvgIpc) is 2.40. The van der Waals surface area contributed by atoms with Gasteiger partial charge < -0.3 is 15.4 Å². The van der Waals surface area contributed by atoms with Crippen LogP contribution in [-0.2, 0) is 0 Å². The third-order valence-electron chi connectivity index (χ3n) is 2.43.